The minimum absolute atomic E-state index is 0.347. The van der Waals surface area contributed by atoms with Crippen molar-refractivity contribution in [2.45, 2.75) is 26.2 Å². The lowest BCUT2D eigenvalue weighted by Crippen LogP contribution is -2.00. The highest BCUT2D eigenvalue weighted by molar-refractivity contribution is 5.89. The van der Waals surface area contributed by atoms with Gasteiger partial charge in [0.25, 0.3) is 0 Å². The molecule has 1 aromatic carbocycles. The predicted molar refractivity (Wildman–Crippen MR) is 67.1 cm³/mol. The van der Waals surface area contributed by atoms with Gasteiger partial charge in [-0.15, -0.1) is 0 Å². The van der Waals surface area contributed by atoms with E-state index in [2.05, 4.69) is 6.92 Å². The summed E-state index contributed by atoms with van der Waals surface area (Å²) in [4.78, 5) is 11.6. The van der Waals surface area contributed by atoms with Crippen molar-refractivity contribution in [2.75, 3.05) is 7.11 Å². The minimum atomic E-state index is -0.347. The van der Waals surface area contributed by atoms with Gasteiger partial charge >= 0.3 is 5.97 Å². The molecule has 0 aliphatic heterocycles. The SMILES string of the molecule is CCCC/C=C\OC(=O)c1ccc(OC)cc1. The predicted octanol–water partition coefficient (Wildman–Crippen LogP) is 3.56. The summed E-state index contributed by atoms with van der Waals surface area (Å²) < 4.78 is 10.00. The van der Waals surface area contributed by atoms with Crippen LogP contribution in [0.15, 0.2) is 36.6 Å². The van der Waals surface area contributed by atoms with Gasteiger partial charge in [-0.25, -0.2) is 4.79 Å². The van der Waals surface area contributed by atoms with Crippen LogP contribution in [0.4, 0.5) is 0 Å². The zero-order valence-corrected chi connectivity index (χ0v) is 10.3. The van der Waals surface area contributed by atoms with Crippen LogP contribution in [0.3, 0.4) is 0 Å². The van der Waals surface area contributed by atoms with Gasteiger partial charge in [-0.05, 0) is 43.2 Å². The Bertz CT molecular complexity index is 366. The number of hydrogen-bond donors (Lipinski definition) is 0. The highest BCUT2D eigenvalue weighted by Gasteiger charge is 2.04. The first-order chi connectivity index (χ1) is 8.27. The molecule has 17 heavy (non-hydrogen) atoms. The molecule has 0 bridgehead atoms. The normalized spacial score (nSPS) is 10.5. The first-order valence-electron chi connectivity index (χ1n) is 5.78. The minimum Gasteiger partial charge on any atom is -0.497 e. The molecule has 1 aromatic rings. The number of benzene rings is 1. The summed E-state index contributed by atoms with van der Waals surface area (Å²) in [6.07, 6.45) is 6.51. The molecule has 0 saturated carbocycles. The quantitative estimate of drug-likeness (QED) is 0.429. The summed E-state index contributed by atoms with van der Waals surface area (Å²) in [6, 6.07) is 6.83. The molecule has 0 N–H and O–H groups in total. The summed E-state index contributed by atoms with van der Waals surface area (Å²) in [5.74, 6) is 0.375. The molecular weight excluding hydrogens is 216 g/mol. The molecule has 0 aliphatic rings. The lowest BCUT2D eigenvalue weighted by molar-refractivity contribution is 0.0662. The van der Waals surface area contributed by atoms with Crippen molar-refractivity contribution < 1.29 is 14.3 Å². The summed E-state index contributed by atoms with van der Waals surface area (Å²) in [6.45, 7) is 2.12. The maximum atomic E-state index is 11.6. The van der Waals surface area contributed by atoms with Crippen LogP contribution < -0.4 is 4.74 Å². The standard InChI is InChI=1S/C14H18O3/c1-3-4-5-6-11-17-14(15)12-7-9-13(16-2)10-8-12/h6-11H,3-5H2,1-2H3/b11-6-. The molecule has 0 heterocycles. The van der Waals surface area contributed by atoms with Crippen molar-refractivity contribution in [3.05, 3.63) is 42.2 Å². The number of rotatable bonds is 6. The van der Waals surface area contributed by atoms with Gasteiger partial charge in [0.2, 0.25) is 0 Å². The van der Waals surface area contributed by atoms with Gasteiger partial charge < -0.3 is 9.47 Å². The van der Waals surface area contributed by atoms with Crippen LogP contribution in [0.2, 0.25) is 0 Å². The van der Waals surface area contributed by atoms with E-state index in [0.29, 0.717) is 5.56 Å². The Morgan fingerprint density at radius 2 is 2.00 bits per heavy atom. The van der Waals surface area contributed by atoms with Gasteiger partial charge in [0.1, 0.15) is 5.75 Å². The third-order valence-electron chi connectivity index (χ3n) is 2.32. The molecule has 3 heteroatoms. The number of carbonyl (C=O) groups excluding carboxylic acids is 1. The Hall–Kier alpha value is -1.77. The molecule has 3 nitrogen and oxygen atoms in total. The lowest BCUT2D eigenvalue weighted by Gasteiger charge is -2.01. The molecule has 0 atom stereocenters. The molecule has 92 valence electrons. The van der Waals surface area contributed by atoms with Gasteiger partial charge in [-0.3, -0.25) is 0 Å². The van der Waals surface area contributed by atoms with Crippen LogP contribution >= 0.6 is 0 Å². The fraction of sp³-hybridized carbons (Fsp3) is 0.357. The van der Waals surface area contributed by atoms with E-state index in [9.17, 15) is 4.79 Å². The summed E-state index contributed by atoms with van der Waals surface area (Å²) >= 11 is 0. The topological polar surface area (TPSA) is 35.5 Å². The molecule has 1 rings (SSSR count). The number of methoxy groups -OCH3 is 1. The largest absolute Gasteiger partial charge is 0.497 e. The maximum absolute atomic E-state index is 11.6. The number of allylic oxidation sites excluding steroid dienone is 1. The van der Waals surface area contributed by atoms with Gasteiger partial charge in [-0.1, -0.05) is 13.3 Å². The van der Waals surface area contributed by atoms with E-state index in [0.717, 1.165) is 25.0 Å². The van der Waals surface area contributed by atoms with Crippen molar-refractivity contribution >= 4 is 5.97 Å². The van der Waals surface area contributed by atoms with E-state index in [1.807, 2.05) is 6.08 Å². The summed E-state index contributed by atoms with van der Waals surface area (Å²) in [7, 11) is 1.59. The van der Waals surface area contributed by atoms with Crippen molar-refractivity contribution in [2.24, 2.45) is 0 Å². The summed E-state index contributed by atoms with van der Waals surface area (Å²) in [5.41, 5.74) is 0.519. The molecule has 0 saturated heterocycles. The molecular formula is C14H18O3. The van der Waals surface area contributed by atoms with E-state index in [1.165, 1.54) is 6.26 Å². The van der Waals surface area contributed by atoms with E-state index < -0.39 is 0 Å². The molecule has 0 aromatic heterocycles. The molecule has 0 amide bonds. The van der Waals surface area contributed by atoms with Gasteiger partial charge in [0, 0.05) is 0 Å². The Morgan fingerprint density at radius 1 is 1.29 bits per heavy atom. The second-order valence-corrected chi connectivity index (χ2v) is 3.65. The molecule has 0 aliphatic carbocycles. The number of hydrogen-bond acceptors (Lipinski definition) is 3. The molecule has 0 radical (unpaired) electrons. The van der Waals surface area contributed by atoms with Gasteiger partial charge in [0.15, 0.2) is 0 Å². The Morgan fingerprint density at radius 3 is 2.59 bits per heavy atom. The first kappa shape index (κ1) is 13.3. The van der Waals surface area contributed by atoms with E-state index in [4.69, 9.17) is 9.47 Å². The lowest BCUT2D eigenvalue weighted by atomic mass is 10.2. The fourth-order valence-electron chi connectivity index (χ4n) is 1.30. The first-order valence-corrected chi connectivity index (χ1v) is 5.78. The summed E-state index contributed by atoms with van der Waals surface area (Å²) in [5, 5.41) is 0. The van der Waals surface area contributed by atoms with E-state index in [1.54, 1.807) is 31.4 Å². The fourth-order valence-corrected chi connectivity index (χ4v) is 1.30. The van der Waals surface area contributed by atoms with Crippen LogP contribution in [0.1, 0.15) is 36.5 Å². The van der Waals surface area contributed by atoms with Crippen LogP contribution in [-0.4, -0.2) is 13.1 Å². The van der Waals surface area contributed by atoms with Crippen molar-refractivity contribution in [1.29, 1.82) is 0 Å². The van der Waals surface area contributed by atoms with Crippen LogP contribution in [0, 0.1) is 0 Å². The molecule has 0 unspecified atom stereocenters. The van der Waals surface area contributed by atoms with Crippen LogP contribution in [-0.2, 0) is 4.74 Å². The second kappa shape index (κ2) is 7.49. The van der Waals surface area contributed by atoms with Crippen molar-refractivity contribution in [3.63, 3.8) is 0 Å². The third-order valence-corrected chi connectivity index (χ3v) is 2.32. The van der Waals surface area contributed by atoms with Gasteiger partial charge in [-0.2, -0.15) is 0 Å². The highest BCUT2D eigenvalue weighted by Crippen LogP contribution is 2.12. The number of carbonyl (C=O) groups is 1. The zero-order valence-electron chi connectivity index (χ0n) is 10.3. The van der Waals surface area contributed by atoms with Crippen LogP contribution in [0.5, 0.6) is 5.75 Å². The molecule has 0 spiro atoms. The Kier molecular flexibility index (Phi) is 5.86. The monoisotopic (exact) mass is 234 g/mol. The Labute approximate surface area is 102 Å². The number of ether oxygens (including phenoxy) is 2. The van der Waals surface area contributed by atoms with E-state index in [-0.39, 0.29) is 5.97 Å². The number of esters is 1. The molecule has 0 fully saturated rings. The average molecular weight is 234 g/mol. The van der Waals surface area contributed by atoms with Gasteiger partial charge in [0.05, 0.1) is 18.9 Å². The van der Waals surface area contributed by atoms with Crippen molar-refractivity contribution in [1.82, 2.24) is 0 Å². The van der Waals surface area contributed by atoms with Crippen LogP contribution in [0.25, 0.3) is 0 Å². The average Bonchev–Trinajstić information content (AvgIpc) is 2.38. The van der Waals surface area contributed by atoms with Crippen molar-refractivity contribution in [3.8, 4) is 5.75 Å². The zero-order chi connectivity index (χ0) is 12.5. The van der Waals surface area contributed by atoms with E-state index >= 15 is 0 Å². The Balaban J connectivity index is 2.43. The second-order valence-electron chi connectivity index (χ2n) is 3.65. The number of unbranched alkanes of at least 4 members (excludes halogenated alkanes) is 2. The maximum Gasteiger partial charge on any atom is 0.342 e. The third kappa shape index (κ3) is 4.72. The smallest absolute Gasteiger partial charge is 0.342 e. The highest BCUT2D eigenvalue weighted by atomic mass is 16.5.